The zero-order valence-electron chi connectivity index (χ0n) is 11.1. The van der Waals surface area contributed by atoms with E-state index >= 15 is 0 Å². The van der Waals surface area contributed by atoms with E-state index in [0.29, 0.717) is 5.56 Å². The molecule has 104 valence electrons. The molecular weight excluding hydrogens is 260 g/mol. The zero-order chi connectivity index (χ0) is 14.4. The van der Waals surface area contributed by atoms with Crippen molar-refractivity contribution in [2.24, 2.45) is 5.16 Å². The van der Waals surface area contributed by atoms with Gasteiger partial charge in [0.05, 0.1) is 6.21 Å². The number of rotatable bonds is 5. The van der Waals surface area contributed by atoms with Crippen molar-refractivity contribution in [3.8, 4) is 0 Å². The number of hydrogen-bond acceptors (Lipinski definition) is 2. The van der Waals surface area contributed by atoms with Gasteiger partial charge in [0, 0.05) is 5.56 Å². The summed E-state index contributed by atoms with van der Waals surface area (Å²) >= 11 is 0. The minimum absolute atomic E-state index is 0.00591. The van der Waals surface area contributed by atoms with Crippen molar-refractivity contribution in [1.29, 1.82) is 0 Å². The molecule has 0 saturated carbocycles. The second-order valence-electron chi connectivity index (χ2n) is 4.46. The number of nitrogens with zero attached hydrogens (tertiary/aromatic N) is 1. The van der Waals surface area contributed by atoms with Crippen molar-refractivity contribution >= 4 is 6.21 Å². The molecule has 0 spiro atoms. The van der Waals surface area contributed by atoms with Crippen LogP contribution in [-0.4, -0.2) is 6.21 Å². The average Bonchev–Trinajstić information content (AvgIpc) is 2.46. The Morgan fingerprint density at radius 3 is 2.60 bits per heavy atom. The van der Waals surface area contributed by atoms with Crippen LogP contribution in [0, 0.1) is 6.92 Å². The van der Waals surface area contributed by atoms with Gasteiger partial charge >= 0.3 is 0 Å². The smallest absolute Gasteiger partial charge is 0.263 e. The fourth-order valence-electron chi connectivity index (χ4n) is 1.68. The van der Waals surface area contributed by atoms with E-state index in [1.807, 2.05) is 31.2 Å². The summed E-state index contributed by atoms with van der Waals surface area (Å²) < 4.78 is 25.0. The summed E-state index contributed by atoms with van der Waals surface area (Å²) in [6, 6.07) is 14.0. The number of hydrogen-bond donors (Lipinski definition) is 0. The van der Waals surface area contributed by atoms with Gasteiger partial charge in [-0.25, -0.2) is 8.78 Å². The summed E-state index contributed by atoms with van der Waals surface area (Å²) in [6.07, 6.45) is -0.873. The first-order chi connectivity index (χ1) is 9.65. The Labute approximate surface area is 116 Å². The molecule has 2 nitrogen and oxygen atoms in total. The second-order valence-corrected chi connectivity index (χ2v) is 4.46. The Morgan fingerprint density at radius 2 is 1.90 bits per heavy atom. The number of aryl methyl sites for hydroxylation is 1. The van der Waals surface area contributed by atoms with Gasteiger partial charge in [-0.15, -0.1) is 0 Å². The van der Waals surface area contributed by atoms with Crippen molar-refractivity contribution < 1.29 is 13.6 Å². The minimum Gasteiger partial charge on any atom is -0.391 e. The van der Waals surface area contributed by atoms with Crippen LogP contribution >= 0.6 is 0 Å². The molecule has 2 aromatic carbocycles. The monoisotopic (exact) mass is 275 g/mol. The predicted octanol–water partition coefficient (Wildman–Crippen LogP) is 4.48. The van der Waals surface area contributed by atoms with Crippen LogP contribution in [0.3, 0.4) is 0 Å². The third kappa shape index (κ3) is 4.16. The Balaban J connectivity index is 1.89. The lowest BCUT2D eigenvalue weighted by Crippen LogP contribution is -1.91. The van der Waals surface area contributed by atoms with Gasteiger partial charge in [-0.05, 0) is 24.1 Å². The highest BCUT2D eigenvalue weighted by atomic mass is 19.3. The van der Waals surface area contributed by atoms with Crippen LogP contribution in [0.25, 0.3) is 0 Å². The quantitative estimate of drug-likeness (QED) is 0.582. The lowest BCUT2D eigenvalue weighted by molar-refractivity contribution is 0.130. The molecule has 0 heterocycles. The molecular formula is C16H15F2NO. The van der Waals surface area contributed by atoms with Crippen LogP contribution in [0.5, 0.6) is 0 Å². The van der Waals surface area contributed by atoms with E-state index in [0.717, 1.165) is 5.56 Å². The van der Waals surface area contributed by atoms with E-state index in [2.05, 4.69) is 5.16 Å². The first-order valence-corrected chi connectivity index (χ1v) is 6.24. The maximum Gasteiger partial charge on any atom is 0.263 e. The molecule has 0 aliphatic carbocycles. The molecule has 0 amide bonds. The molecule has 2 aromatic rings. The summed E-state index contributed by atoms with van der Waals surface area (Å²) in [5.74, 6) is 0. The predicted molar refractivity (Wildman–Crippen MR) is 75.0 cm³/mol. The van der Waals surface area contributed by atoms with Gasteiger partial charge in [-0.3, -0.25) is 0 Å². The SMILES string of the molecule is Cc1ccc(C=NOCc2cccc(C(F)F)c2)cc1. The van der Waals surface area contributed by atoms with Crippen molar-refractivity contribution in [2.75, 3.05) is 0 Å². The van der Waals surface area contributed by atoms with Gasteiger partial charge in [-0.1, -0.05) is 53.2 Å². The van der Waals surface area contributed by atoms with Crippen LogP contribution in [-0.2, 0) is 11.4 Å². The number of alkyl halides is 2. The first kappa shape index (κ1) is 14.2. The topological polar surface area (TPSA) is 21.6 Å². The number of benzene rings is 2. The molecule has 0 N–H and O–H groups in total. The van der Waals surface area contributed by atoms with Crippen LogP contribution < -0.4 is 0 Å². The lowest BCUT2D eigenvalue weighted by Gasteiger charge is -2.03. The Kier molecular flexibility index (Phi) is 4.82. The van der Waals surface area contributed by atoms with Crippen LogP contribution in [0.1, 0.15) is 28.7 Å². The summed E-state index contributed by atoms with van der Waals surface area (Å²) in [4.78, 5) is 5.11. The standard InChI is InChI=1S/C16H15F2NO/c1-12-5-7-13(8-6-12)10-19-20-11-14-3-2-4-15(9-14)16(17)18/h2-10,16H,11H2,1H3. The van der Waals surface area contributed by atoms with Gasteiger partial charge in [0.1, 0.15) is 6.61 Å². The zero-order valence-corrected chi connectivity index (χ0v) is 11.1. The second kappa shape index (κ2) is 6.80. The summed E-state index contributed by atoms with van der Waals surface area (Å²) in [5, 5.41) is 3.83. The Bertz CT molecular complexity index is 579. The van der Waals surface area contributed by atoms with Gasteiger partial charge < -0.3 is 4.84 Å². The molecule has 0 unspecified atom stereocenters. The summed E-state index contributed by atoms with van der Waals surface area (Å²) in [5.41, 5.74) is 2.77. The van der Waals surface area contributed by atoms with E-state index in [-0.39, 0.29) is 12.2 Å². The fourth-order valence-corrected chi connectivity index (χ4v) is 1.68. The highest BCUT2D eigenvalue weighted by Gasteiger charge is 2.06. The third-order valence-electron chi connectivity index (χ3n) is 2.79. The molecule has 0 radical (unpaired) electrons. The molecule has 0 aromatic heterocycles. The maximum absolute atomic E-state index is 12.5. The number of oxime groups is 1. The van der Waals surface area contributed by atoms with Crippen LogP contribution in [0.4, 0.5) is 8.78 Å². The molecule has 4 heteroatoms. The van der Waals surface area contributed by atoms with E-state index in [4.69, 9.17) is 4.84 Å². The van der Waals surface area contributed by atoms with E-state index in [1.54, 1.807) is 18.3 Å². The van der Waals surface area contributed by atoms with E-state index in [9.17, 15) is 8.78 Å². The molecule has 0 bridgehead atoms. The van der Waals surface area contributed by atoms with Gasteiger partial charge in [-0.2, -0.15) is 0 Å². The summed E-state index contributed by atoms with van der Waals surface area (Å²) in [6.45, 7) is 2.18. The maximum atomic E-state index is 12.5. The molecule has 0 saturated heterocycles. The van der Waals surface area contributed by atoms with Crippen molar-refractivity contribution in [3.63, 3.8) is 0 Å². The van der Waals surface area contributed by atoms with E-state index < -0.39 is 6.43 Å². The molecule has 0 fully saturated rings. The minimum atomic E-state index is -2.47. The largest absolute Gasteiger partial charge is 0.391 e. The Hall–Kier alpha value is -2.23. The molecule has 0 atom stereocenters. The third-order valence-corrected chi connectivity index (χ3v) is 2.79. The van der Waals surface area contributed by atoms with E-state index in [1.165, 1.54) is 17.7 Å². The normalized spacial score (nSPS) is 11.2. The van der Waals surface area contributed by atoms with Crippen molar-refractivity contribution in [1.82, 2.24) is 0 Å². The highest BCUT2D eigenvalue weighted by molar-refractivity contribution is 5.79. The van der Waals surface area contributed by atoms with Gasteiger partial charge in [0.25, 0.3) is 6.43 Å². The van der Waals surface area contributed by atoms with Crippen molar-refractivity contribution in [2.45, 2.75) is 20.0 Å². The molecule has 20 heavy (non-hydrogen) atoms. The first-order valence-electron chi connectivity index (χ1n) is 6.24. The van der Waals surface area contributed by atoms with Gasteiger partial charge in [0.2, 0.25) is 0 Å². The van der Waals surface area contributed by atoms with Crippen molar-refractivity contribution in [3.05, 3.63) is 70.8 Å². The fraction of sp³-hybridized carbons (Fsp3) is 0.188. The summed E-state index contributed by atoms with van der Waals surface area (Å²) in [7, 11) is 0. The highest BCUT2D eigenvalue weighted by Crippen LogP contribution is 2.19. The van der Waals surface area contributed by atoms with Gasteiger partial charge in [0.15, 0.2) is 0 Å². The molecule has 0 aliphatic heterocycles. The number of halogens is 2. The van der Waals surface area contributed by atoms with Crippen LogP contribution in [0.2, 0.25) is 0 Å². The van der Waals surface area contributed by atoms with Crippen LogP contribution in [0.15, 0.2) is 53.7 Å². The Morgan fingerprint density at radius 1 is 1.15 bits per heavy atom. The molecule has 2 rings (SSSR count). The lowest BCUT2D eigenvalue weighted by atomic mass is 10.1. The average molecular weight is 275 g/mol. The molecule has 0 aliphatic rings.